The predicted octanol–water partition coefficient (Wildman–Crippen LogP) is 2.05. The van der Waals surface area contributed by atoms with Crippen molar-refractivity contribution in [1.82, 2.24) is 5.32 Å². The summed E-state index contributed by atoms with van der Waals surface area (Å²) in [7, 11) is 0. The van der Waals surface area contributed by atoms with E-state index >= 15 is 0 Å². The maximum atomic E-state index is 12.9. The number of nitrogens with one attached hydrogen (secondary N) is 1. The molecule has 5 nitrogen and oxygen atoms in total. The van der Waals surface area contributed by atoms with Crippen molar-refractivity contribution in [2.75, 3.05) is 0 Å². The van der Waals surface area contributed by atoms with E-state index in [0.717, 1.165) is 11.3 Å². The minimum atomic E-state index is -1.07. The van der Waals surface area contributed by atoms with E-state index in [1.807, 2.05) is 0 Å². The van der Waals surface area contributed by atoms with E-state index in [4.69, 9.17) is 5.73 Å². The SMILES string of the molecule is CC(=O)c1csc(C(=O)N[C@@H](C(N)=O)c2ccc(F)cc2)c1. The molecule has 1 aromatic heterocycles. The van der Waals surface area contributed by atoms with E-state index < -0.39 is 23.7 Å². The molecular formula is C15H13FN2O3S. The molecule has 1 heterocycles. The smallest absolute Gasteiger partial charge is 0.262 e. The van der Waals surface area contributed by atoms with Gasteiger partial charge in [0.15, 0.2) is 5.78 Å². The molecule has 0 aliphatic heterocycles. The molecule has 0 bridgehead atoms. The van der Waals surface area contributed by atoms with Gasteiger partial charge in [-0.25, -0.2) is 4.39 Å². The first-order valence-electron chi connectivity index (χ1n) is 6.33. The number of amides is 2. The molecule has 2 aromatic rings. The Hall–Kier alpha value is -2.54. The third-order valence-electron chi connectivity index (χ3n) is 2.99. The highest BCUT2D eigenvalue weighted by Crippen LogP contribution is 2.18. The zero-order valence-electron chi connectivity index (χ0n) is 11.6. The van der Waals surface area contributed by atoms with Crippen molar-refractivity contribution >= 4 is 28.9 Å². The van der Waals surface area contributed by atoms with E-state index in [1.165, 1.54) is 37.3 Å². The molecule has 7 heteroatoms. The molecule has 114 valence electrons. The fourth-order valence-electron chi connectivity index (χ4n) is 1.82. The average molecular weight is 320 g/mol. The van der Waals surface area contributed by atoms with Crippen LogP contribution in [0.2, 0.25) is 0 Å². The van der Waals surface area contributed by atoms with Gasteiger partial charge in [0.1, 0.15) is 11.9 Å². The van der Waals surface area contributed by atoms with Crippen molar-refractivity contribution in [2.45, 2.75) is 13.0 Å². The summed E-state index contributed by atoms with van der Waals surface area (Å²) >= 11 is 1.09. The number of halogens is 1. The third-order valence-corrected chi connectivity index (χ3v) is 3.92. The highest BCUT2D eigenvalue weighted by atomic mass is 32.1. The van der Waals surface area contributed by atoms with E-state index in [0.29, 0.717) is 16.0 Å². The largest absolute Gasteiger partial charge is 0.368 e. The van der Waals surface area contributed by atoms with Crippen molar-refractivity contribution in [2.24, 2.45) is 5.73 Å². The summed E-state index contributed by atoms with van der Waals surface area (Å²) < 4.78 is 12.9. The van der Waals surface area contributed by atoms with Crippen LogP contribution in [0.4, 0.5) is 4.39 Å². The fraction of sp³-hybridized carbons (Fsp3) is 0.133. The predicted molar refractivity (Wildman–Crippen MR) is 80.1 cm³/mol. The van der Waals surface area contributed by atoms with Gasteiger partial charge in [0, 0.05) is 10.9 Å². The van der Waals surface area contributed by atoms with Crippen LogP contribution in [-0.4, -0.2) is 17.6 Å². The van der Waals surface area contributed by atoms with Gasteiger partial charge in [-0.3, -0.25) is 14.4 Å². The second kappa shape index (κ2) is 6.48. The minimum Gasteiger partial charge on any atom is -0.368 e. The number of carbonyl (C=O) groups is 3. The number of primary amides is 1. The first-order chi connectivity index (χ1) is 10.4. The Kier molecular flexibility index (Phi) is 4.67. The lowest BCUT2D eigenvalue weighted by Crippen LogP contribution is -2.37. The highest BCUT2D eigenvalue weighted by molar-refractivity contribution is 7.12. The van der Waals surface area contributed by atoms with Gasteiger partial charge in [-0.1, -0.05) is 12.1 Å². The van der Waals surface area contributed by atoms with E-state index in [-0.39, 0.29) is 5.78 Å². The van der Waals surface area contributed by atoms with Crippen LogP contribution in [0.1, 0.15) is 38.6 Å². The van der Waals surface area contributed by atoms with E-state index in [1.54, 1.807) is 5.38 Å². The first kappa shape index (κ1) is 15.8. The molecule has 0 fully saturated rings. The number of hydrogen-bond acceptors (Lipinski definition) is 4. The molecule has 2 rings (SSSR count). The van der Waals surface area contributed by atoms with Gasteiger partial charge in [0.25, 0.3) is 5.91 Å². The second-order valence-corrected chi connectivity index (χ2v) is 5.53. The highest BCUT2D eigenvalue weighted by Gasteiger charge is 2.22. The van der Waals surface area contributed by atoms with Gasteiger partial charge < -0.3 is 11.1 Å². The monoisotopic (exact) mass is 320 g/mol. The standard InChI is InChI=1S/C15H13FN2O3S/c1-8(19)10-6-12(22-7-10)15(21)18-13(14(17)20)9-2-4-11(16)5-3-9/h2-7,13H,1H3,(H2,17,20)(H,18,21)/t13-/m1/s1. The van der Waals surface area contributed by atoms with E-state index in [9.17, 15) is 18.8 Å². The third kappa shape index (κ3) is 3.56. The molecule has 1 aromatic carbocycles. The normalized spacial score (nSPS) is 11.7. The Balaban J connectivity index is 2.20. The van der Waals surface area contributed by atoms with Gasteiger partial charge in [0.05, 0.1) is 4.88 Å². The number of ketones is 1. The van der Waals surface area contributed by atoms with Gasteiger partial charge >= 0.3 is 0 Å². The van der Waals surface area contributed by atoms with Crippen molar-refractivity contribution in [3.63, 3.8) is 0 Å². The zero-order chi connectivity index (χ0) is 16.3. The summed E-state index contributed by atoms with van der Waals surface area (Å²) in [6.45, 7) is 1.40. The summed E-state index contributed by atoms with van der Waals surface area (Å²) in [6.07, 6.45) is 0. The number of benzene rings is 1. The quantitative estimate of drug-likeness (QED) is 0.826. The van der Waals surface area contributed by atoms with Crippen molar-refractivity contribution in [1.29, 1.82) is 0 Å². The van der Waals surface area contributed by atoms with Crippen LogP contribution < -0.4 is 11.1 Å². The summed E-state index contributed by atoms with van der Waals surface area (Å²) in [6, 6.07) is 5.48. The van der Waals surface area contributed by atoms with Gasteiger partial charge in [-0.15, -0.1) is 11.3 Å². The molecule has 0 aliphatic carbocycles. The van der Waals surface area contributed by atoms with Gasteiger partial charge in [-0.05, 0) is 30.7 Å². The minimum absolute atomic E-state index is 0.153. The average Bonchev–Trinajstić information content (AvgIpc) is 2.95. The fourth-order valence-corrected chi connectivity index (χ4v) is 2.67. The lowest BCUT2D eigenvalue weighted by Gasteiger charge is -2.15. The lowest BCUT2D eigenvalue weighted by molar-refractivity contribution is -0.120. The molecule has 0 radical (unpaired) electrons. The van der Waals surface area contributed by atoms with E-state index in [2.05, 4.69) is 5.32 Å². The molecule has 0 aliphatic rings. The molecule has 3 N–H and O–H groups in total. The Bertz CT molecular complexity index is 725. The van der Waals surface area contributed by atoms with Crippen LogP contribution in [0.5, 0.6) is 0 Å². The molecular weight excluding hydrogens is 307 g/mol. The summed E-state index contributed by atoms with van der Waals surface area (Å²) in [5.74, 6) is -1.89. The van der Waals surface area contributed by atoms with Crippen LogP contribution in [0.25, 0.3) is 0 Å². The topological polar surface area (TPSA) is 89.3 Å². The number of carbonyl (C=O) groups excluding carboxylic acids is 3. The molecule has 1 atom stereocenters. The van der Waals surface area contributed by atoms with Crippen LogP contribution >= 0.6 is 11.3 Å². The van der Waals surface area contributed by atoms with Crippen LogP contribution in [0, 0.1) is 5.82 Å². The first-order valence-corrected chi connectivity index (χ1v) is 7.21. The van der Waals surface area contributed by atoms with Crippen LogP contribution in [0.3, 0.4) is 0 Å². The Morgan fingerprint density at radius 1 is 1.23 bits per heavy atom. The molecule has 22 heavy (non-hydrogen) atoms. The molecule has 0 spiro atoms. The molecule has 0 unspecified atom stereocenters. The number of rotatable bonds is 5. The summed E-state index contributed by atoms with van der Waals surface area (Å²) in [4.78, 5) is 35.2. The Morgan fingerprint density at radius 2 is 1.86 bits per heavy atom. The Labute approximate surface area is 129 Å². The lowest BCUT2D eigenvalue weighted by atomic mass is 10.1. The summed E-state index contributed by atoms with van der Waals surface area (Å²) in [5.41, 5.74) is 6.09. The van der Waals surface area contributed by atoms with Gasteiger partial charge in [-0.2, -0.15) is 0 Å². The van der Waals surface area contributed by atoms with Crippen LogP contribution in [-0.2, 0) is 4.79 Å². The maximum Gasteiger partial charge on any atom is 0.262 e. The number of nitrogens with two attached hydrogens (primary N) is 1. The van der Waals surface area contributed by atoms with Gasteiger partial charge in [0.2, 0.25) is 5.91 Å². The maximum absolute atomic E-state index is 12.9. The molecule has 0 saturated heterocycles. The van der Waals surface area contributed by atoms with Crippen LogP contribution in [0.15, 0.2) is 35.7 Å². The number of thiophene rings is 1. The second-order valence-electron chi connectivity index (χ2n) is 4.62. The van der Waals surface area contributed by atoms with Crippen molar-refractivity contribution < 1.29 is 18.8 Å². The summed E-state index contributed by atoms with van der Waals surface area (Å²) in [5, 5.41) is 4.05. The van der Waals surface area contributed by atoms with Crippen molar-refractivity contribution in [3.05, 3.63) is 57.5 Å². The van der Waals surface area contributed by atoms with Crippen molar-refractivity contribution in [3.8, 4) is 0 Å². The Morgan fingerprint density at radius 3 is 2.36 bits per heavy atom. The molecule has 0 saturated carbocycles. The number of hydrogen-bond donors (Lipinski definition) is 2. The molecule has 2 amide bonds. The number of Topliss-reactive ketones (excluding diaryl/α,β-unsaturated/α-hetero) is 1. The zero-order valence-corrected chi connectivity index (χ0v) is 12.4.